The summed E-state index contributed by atoms with van der Waals surface area (Å²) in [5.74, 6) is 1.29. The van der Waals surface area contributed by atoms with E-state index in [9.17, 15) is 9.59 Å². The quantitative estimate of drug-likeness (QED) is 0.604. The van der Waals surface area contributed by atoms with Gasteiger partial charge in [-0.15, -0.1) is 0 Å². The molecule has 0 saturated carbocycles. The van der Waals surface area contributed by atoms with Gasteiger partial charge in [-0.2, -0.15) is 0 Å². The number of carbonyl (C=O) groups excluding carboxylic acids is 2. The van der Waals surface area contributed by atoms with E-state index in [-0.39, 0.29) is 30.2 Å². The van der Waals surface area contributed by atoms with Gasteiger partial charge in [0.25, 0.3) is 5.91 Å². The first kappa shape index (κ1) is 22.1. The fourth-order valence-corrected chi connectivity index (χ4v) is 4.72. The Kier molecular flexibility index (Phi) is 6.01. The normalized spacial score (nSPS) is 18.6. The van der Waals surface area contributed by atoms with Gasteiger partial charge in [-0.3, -0.25) is 9.59 Å². The van der Waals surface area contributed by atoms with Crippen molar-refractivity contribution < 1.29 is 23.5 Å². The molecule has 1 N–H and O–H groups in total. The maximum atomic E-state index is 13.4. The summed E-state index contributed by atoms with van der Waals surface area (Å²) in [5, 5.41) is 3.03. The van der Waals surface area contributed by atoms with Crippen LogP contribution in [-0.2, 0) is 30.7 Å². The van der Waals surface area contributed by atoms with E-state index >= 15 is 0 Å². The molecule has 5 rings (SSSR count). The molecule has 2 aliphatic rings. The highest BCUT2D eigenvalue weighted by Crippen LogP contribution is 2.35. The van der Waals surface area contributed by atoms with E-state index in [1.165, 1.54) is 6.26 Å². The Morgan fingerprint density at radius 3 is 2.68 bits per heavy atom. The van der Waals surface area contributed by atoms with Crippen molar-refractivity contribution in [3.63, 3.8) is 0 Å². The lowest BCUT2D eigenvalue weighted by Crippen LogP contribution is -2.52. The second-order valence-corrected chi connectivity index (χ2v) is 8.75. The molecular weight excluding hydrogens is 432 g/mol. The van der Waals surface area contributed by atoms with Gasteiger partial charge < -0.3 is 24.1 Å². The van der Waals surface area contributed by atoms with Crippen LogP contribution in [0.5, 0.6) is 11.5 Å². The smallest absolute Gasteiger partial charge is 0.290 e. The van der Waals surface area contributed by atoms with Crippen molar-refractivity contribution in [2.75, 3.05) is 6.61 Å². The predicted molar refractivity (Wildman–Crippen MR) is 126 cm³/mol. The van der Waals surface area contributed by atoms with Crippen LogP contribution in [0.25, 0.3) is 0 Å². The Balaban J connectivity index is 1.38. The maximum Gasteiger partial charge on any atom is 0.290 e. The number of hydrogen-bond donors (Lipinski definition) is 1. The lowest BCUT2D eigenvalue weighted by molar-refractivity contribution is -0.126. The Hall–Kier alpha value is -3.74. The van der Waals surface area contributed by atoms with Gasteiger partial charge in [0.05, 0.1) is 12.9 Å². The van der Waals surface area contributed by atoms with E-state index in [0.29, 0.717) is 19.6 Å². The van der Waals surface area contributed by atoms with Gasteiger partial charge in [-0.1, -0.05) is 24.3 Å². The minimum atomic E-state index is -0.645. The zero-order chi connectivity index (χ0) is 23.7. The molecule has 0 fully saturated rings. The summed E-state index contributed by atoms with van der Waals surface area (Å²) < 4.78 is 17.1. The molecule has 0 saturated heterocycles. The third-order valence-electron chi connectivity index (χ3n) is 6.38. The first-order valence-electron chi connectivity index (χ1n) is 11.7. The Morgan fingerprint density at radius 1 is 1.09 bits per heavy atom. The van der Waals surface area contributed by atoms with Crippen LogP contribution in [0.2, 0.25) is 0 Å². The lowest BCUT2D eigenvalue weighted by atomic mass is 9.93. The molecule has 34 heavy (non-hydrogen) atoms. The molecule has 3 heterocycles. The average Bonchev–Trinajstić information content (AvgIpc) is 3.50. The number of nitrogens with one attached hydrogen (secondary N) is 1. The number of fused-ring (bicyclic) bond motifs is 2. The summed E-state index contributed by atoms with van der Waals surface area (Å²) >= 11 is 0. The molecule has 1 aromatic heterocycles. The van der Waals surface area contributed by atoms with Crippen LogP contribution in [0.15, 0.2) is 59.2 Å². The van der Waals surface area contributed by atoms with Crippen LogP contribution in [0, 0.1) is 0 Å². The molecule has 0 spiro atoms. The largest absolute Gasteiger partial charge is 0.494 e. The Morgan fingerprint density at radius 2 is 1.91 bits per heavy atom. The fraction of sp³-hybridized carbons (Fsp3) is 0.333. The molecule has 2 amide bonds. The third-order valence-corrected chi connectivity index (χ3v) is 6.38. The molecule has 176 valence electrons. The van der Waals surface area contributed by atoms with Crippen LogP contribution in [0.1, 0.15) is 46.7 Å². The zero-order valence-electron chi connectivity index (χ0n) is 19.4. The van der Waals surface area contributed by atoms with E-state index in [2.05, 4.69) is 5.32 Å². The molecule has 0 bridgehead atoms. The number of hydrogen-bond acceptors (Lipinski definition) is 5. The fourth-order valence-electron chi connectivity index (χ4n) is 4.72. The highest BCUT2D eigenvalue weighted by Gasteiger charge is 2.36. The Labute approximate surface area is 198 Å². The summed E-state index contributed by atoms with van der Waals surface area (Å²) in [7, 11) is 0. The molecule has 0 radical (unpaired) electrons. The molecular formula is C27H28N2O5. The highest BCUT2D eigenvalue weighted by molar-refractivity contribution is 5.96. The second kappa shape index (κ2) is 9.25. The molecule has 2 unspecified atom stereocenters. The molecule has 7 heteroatoms. The lowest BCUT2D eigenvalue weighted by Gasteiger charge is -2.35. The number of ether oxygens (including phenoxy) is 2. The number of benzene rings is 2. The van der Waals surface area contributed by atoms with E-state index in [1.54, 1.807) is 17.0 Å². The zero-order valence-corrected chi connectivity index (χ0v) is 19.4. The summed E-state index contributed by atoms with van der Waals surface area (Å²) in [6, 6.07) is 14.5. The number of rotatable bonds is 6. The summed E-state index contributed by atoms with van der Waals surface area (Å²) in [4.78, 5) is 28.2. The number of furan rings is 1. The molecule has 7 nitrogen and oxygen atoms in total. The van der Waals surface area contributed by atoms with Crippen molar-refractivity contribution >= 4 is 11.8 Å². The van der Waals surface area contributed by atoms with Crippen molar-refractivity contribution in [1.29, 1.82) is 0 Å². The summed E-state index contributed by atoms with van der Waals surface area (Å²) in [6.07, 6.45) is 2.87. The molecule has 2 aromatic carbocycles. The van der Waals surface area contributed by atoms with Gasteiger partial charge in [0.2, 0.25) is 5.91 Å². The van der Waals surface area contributed by atoms with Crippen LogP contribution in [0.4, 0.5) is 0 Å². The van der Waals surface area contributed by atoms with Gasteiger partial charge in [0.1, 0.15) is 23.6 Å². The van der Waals surface area contributed by atoms with Gasteiger partial charge in [0, 0.05) is 37.1 Å². The third kappa shape index (κ3) is 4.25. The minimum absolute atomic E-state index is 0.123. The summed E-state index contributed by atoms with van der Waals surface area (Å²) in [5.41, 5.74) is 4.07. The van der Waals surface area contributed by atoms with Gasteiger partial charge >= 0.3 is 0 Å². The van der Waals surface area contributed by atoms with Crippen molar-refractivity contribution in [2.24, 2.45) is 0 Å². The molecule has 2 atom stereocenters. The van der Waals surface area contributed by atoms with Crippen LogP contribution in [-0.4, -0.2) is 35.5 Å². The van der Waals surface area contributed by atoms with E-state index in [0.717, 1.165) is 40.2 Å². The van der Waals surface area contributed by atoms with Crippen molar-refractivity contribution in [1.82, 2.24) is 10.2 Å². The van der Waals surface area contributed by atoms with Crippen LogP contribution in [0.3, 0.4) is 0 Å². The van der Waals surface area contributed by atoms with Gasteiger partial charge in [0.15, 0.2) is 5.76 Å². The monoisotopic (exact) mass is 460 g/mol. The van der Waals surface area contributed by atoms with E-state index < -0.39 is 6.04 Å². The average molecular weight is 461 g/mol. The van der Waals surface area contributed by atoms with E-state index in [4.69, 9.17) is 13.9 Å². The van der Waals surface area contributed by atoms with Crippen molar-refractivity contribution in [2.45, 2.75) is 51.9 Å². The summed E-state index contributed by atoms with van der Waals surface area (Å²) in [6.45, 7) is 5.13. The topological polar surface area (TPSA) is 81.0 Å². The van der Waals surface area contributed by atoms with Crippen LogP contribution >= 0.6 is 0 Å². The first-order chi connectivity index (χ1) is 16.5. The standard InChI is InChI=1S/C27H28N2O5/c1-3-32-24-13-20-11-17(2)34-25(20)14-21(24)15-28-26(30)22-12-18-7-4-5-8-19(18)16-29(22)27(31)23-9-6-10-33-23/h4-10,13-14,17,22H,3,11-12,15-16H2,1-2H3,(H,28,30). The predicted octanol–water partition coefficient (Wildman–Crippen LogP) is 3.89. The van der Waals surface area contributed by atoms with Gasteiger partial charge in [-0.05, 0) is 49.2 Å². The highest BCUT2D eigenvalue weighted by atomic mass is 16.5. The van der Waals surface area contributed by atoms with Crippen molar-refractivity contribution in [3.8, 4) is 11.5 Å². The maximum absolute atomic E-state index is 13.4. The van der Waals surface area contributed by atoms with E-state index in [1.807, 2.05) is 50.2 Å². The number of amides is 2. The second-order valence-electron chi connectivity index (χ2n) is 8.75. The number of carbonyl (C=O) groups is 2. The minimum Gasteiger partial charge on any atom is -0.494 e. The van der Waals surface area contributed by atoms with Gasteiger partial charge in [-0.25, -0.2) is 0 Å². The Bertz CT molecular complexity index is 1200. The number of nitrogens with zero attached hydrogens (tertiary/aromatic N) is 1. The first-order valence-corrected chi connectivity index (χ1v) is 11.7. The van der Waals surface area contributed by atoms with Crippen LogP contribution < -0.4 is 14.8 Å². The molecule has 2 aliphatic heterocycles. The molecule has 0 aliphatic carbocycles. The van der Waals surface area contributed by atoms with Crippen molar-refractivity contribution in [3.05, 3.63) is 82.8 Å². The SMILES string of the molecule is CCOc1cc2c(cc1CNC(=O)C1Cc3ccccc3CN1C(=O)c1ccco1)OC(C)C2. The molecule has 3 aromatic rings.